The fourth-order valence-corrected chi connectivity index (χ4v) is 3.33. The van der Waals surface area contributed by atoms with Gasteiger partial charge in [0.2, 0.25) is 0 Å². The molecule has 1 saturated carbocycles. The van der Waals surface area contributed by atoms with Crippen LogP contribution in [0.1, 0.15) is 51.6 Å². The highest BCUT2D eigenvalue weighted by Gasteiger charge is 2.30. The third-order valence-electron chi connectivity index (χ3n) is 4.56. The quantitative estimate of drug-likeness (QED) is 0.896. The van der Waals surface area contributed by atoms with Crippen molar-refractivity contribution in [2.75, 3.05) is 4.90 Å². The minimum absolute atomic E-state index is 0.581. The summed E-state index contributed by atoms with van der Waals surface area (Å²) in [4.78, 5) is 7.32. The molecule has 4 heteroatoms. The summed E-state index contributed by atoms with van der Waals surface area (Å²) in [6.45, 7) is 5.35. The summed E-state index contributed by atoms with van der Waals surface area (Å²) in [5.41, 5.74) is 0.991. The van der Waals surface area contributed by atoms with Gasteiger partial charge in [0.05, 0.1) is 10.7 Å². The molecule has 0 spiro atoms. The molecule has 2 unspecified atom stereocenters. The van der Waals surface area contributed by atoms with Crippen LogP contribution in [0.25, 0.3) is 0 Å². The zero-order valence-corrected chi connectivity index (χ0v) is 13.2. The number of rotatable bonds is 5. The Morgan fingerprint density at radius 1 is 1.30 bits per heavy atom. The second kappa shape index (κ2) is 5.90. The van der Waals surface area contributed by atoms with Gasteiger partial charge in [-0.05, 0) is 51.2 Å². The van der Waals surface area contributed by atoms with Crippen molar-refractivity contribution in [3.05, 3.63) is 22.8 Å². The van der Waals surface area contributed by atoms with Crippen molar-refractivity contribution >= 4 is 17.4 Å². The maximum atomic E-state index is 6.29. The maximum absolute atomic E-state index is 6.29. The van der Waals surface area contributed by atoms with Gasteiger partial charge in [0.15, 0.2) is 0 Å². The van der Waals surface area contributed by atoms with Crippen LogP contribution in [0.5, 0.6) is 0 Å². The largest absolute Gasteiger partial charge is 0.351 e. The Balaban J connectivity index is 1.79. The van der Waals surface area contributed by atoms with Crippen molar-refractivity contribution in [2.24, 2.45) is 0 Å². The van der Waals surface area contributed by atoms with Gasteiger partial charge in [0.1, 0.15) is 5.82 Å². The van der Waals surface area contributed by atoms with Crippen LogP contribution < -0.4 is 10.2 Å². The molecule has 20 heavy (non-hydrogen) atoms. The number of hydrogen-bond acceptors (Lipinski definition) is 3. The molecule has 2 atom stereocenters. The molecule has 1 N–H and O–H groups in total. The van der Waals surface area contributed by atoms with E-state index in [4.69, 9.17) is 16.6 Å². The molecular weight excluding hydrogens is 270 g/mol. The average Bonchev–Trinajstić information content (AvgIpc) is 3.20. The van der Waals surface area contributed by atoms with Crippen molar-refractivity contribution in [3.8, 4) is 0 Å². The Hall–Kier alpha value is -0.800. The molecule has 3 nitrogen and oxygen atoms in total. The summed E-state index contributed by atoms with van der Waals surface area (Å²) >= 11 is 6.29. The molecule has 3 rings (SSSR count). The van der Waals surface area contributed by atoms with Crippen LogP contribution in [0, 0.1) is 0 Å². The molecular formula is C16H24ClN3. The summed E-state index contributed by atoms with van der Waals surface area (Å²) in [6, 6.07) is 5.98. The third-order valence-corrected chi connectivity index (χ3v) is 4.91. The molecule has 110 valence electrons. The summed E-state index contributed by atoms with van der Waals surface area (Å²) in [6.07, 6.45) is 6.30. The molecule has 0 bridgehead atoms. The van der Waals surface area contributed by atoms with E-state index in [1.807, 2.05) is 6.07 Å². The summed E-state index contributed by atoms with van der Waals surface area (Å²) in [5.74, 6) is 1.10. The van der Waals surface area contributed by atoms with Gasteiger partial charge < -0.3 is 10.2 Å². The fourth-order valence-electron chi connectivity index (χ4n) is 3.15. The van der Waals surface area contributed by atoms with Gasteiger partial charge in [-0.2, -0.15) is 0 Å². The Labute approximate surface area is 126 Å². The number of aromatic nitrogens is 1. The van der Waals surface area contributed by atoms with E-state index in [0.29, 0.717) is 18.1 Å². The predicted molar refractivity (Wildman–Crippen MR) is 84.4 cm³/mol. The molecule has 0 radical (unpaired) electrons. The van der Waals surface area contributed by atoms with E-state index in [1.54, 1.807) is 0 Å². The highest BCUT2D eigenvalue weighted by atomic mass is 35.5. The number of nitrogens with one attached hydrogen (secondary N) is 1. The van der Waals surface area contributed by atoms with E-state index in [9.17, 15) is 0 Å². The maximum Gasteiger partial charge on any atom is 0.129 e. The van der Waals surface area contributed by atoms with Gasteiger partial charge in [-0.25, -0.2) is 4.98 Å². The Kier molecular flexibility index (Phi) is 4.18. The number of anilines is 1. The Morgan fingerprint density at radius 3 is 2.80 bits per heavy atom. The van der Waals surface area contributed by atoms with Crippen LogP contribution in [0.3, 0.4) is 0 Å². The van der Waals surface area contributed by atoms with Crippen LogP contribution in [0.2, 0.25) is 5.02 Å². The normalized spacial score (nSPS) is 26.2. The van der Waals surface area contributed by atoms with Crippen LogP contribution >= 0.6 is 11.6 Å². The van der Waals surface area contributed by atoms with Crippen LogP contribution in [0.4, 0.5) is 5.82 Å². The summed E-state index contributed by atoms with van der Waals surface area (Å²) in [5, 5.41) is 4.28. The molecule has 1 aliphatic carbocycles. The van der Waals surface area contributed by atoms with E-state index >= 15 is 0 Å². The molecule has 1 saturated heterocycles. The van der Waals surface area contributed by atoms with Gasteiger partial charge >= 0.3 is 0 Å². The van der Waals surface area contributed by atoms with E-state index in [-0.39, 0.29) is 0 Å². The predicted octanol–water partition coefficient (Wildman–Crippen LogP) is 3.75. The highest BCUT2D eigenvalue weighted by Crippen LogP contribution is 2.32. The van der Waals surface area contributed by atoms with Gasteiger partial charge in [-0.3, -0.25) is 0 Å². The molecule has 1 aromatic heterocycles. The summed E-state index contributed by atoms with van der Waals surface area (Å²) < 4.78 is 0. The van der Waals surface area contributed by atoms with Gasteiger partial charge in [0.25, 0.3) is 0 Å². The first-order chi connectivity index (χ1) is 9.69. The molecule has 0 aromatic carbocycles. The molecule has 2 aliphatic rings. The van der Waals surface area contributed by atoms with Crippen molar-refractivity contribution in [1.82, 2.24) is 10.3 Å². The monoisotopic (exact) mass is 293 g/mol. The zero-order chi connectivity index (χ0) is 14.1. The number of halogens is 1. The molecule has 0 amide bonds. The number of pyridine rings is 1. The average molecular weight is 294 g/mol. The third kappa shape index (κ3) is 2.94. The van der Waals surface area contributed by atoms with Gasteiger partial charge in [0, 0.05) is 24.7 Å². The molecule has 2 heterocycles. The first kappa shape index (κ1) is 14.2. The Bertz CT molecular complexity index is 473. The van der Waals surface area contributed by atoms with Gasteiger partial charge in [-0.1, -0.05) is 18.5 Å². The SMILES string of the molecule is CCC1CCC(C)N1c1ccc(Cl)c(CNC2CC2)n1. The van der Waals surface area contributed by atoms with E-state index in [2.05, 4.69) is 30.1 Å². The highest BCUT2D eigenvalue weighted by molar-refractivity contribution is 6.31. The lowest BCUT2D eigenvalue weighted by molar-refractivity contribution is 0.616. The van der Waals surface area contributed by atoms with Gasteiger partial charge in [-0.15, -0.1) is 0 Å². The minimum atomic E-state index is 0.581. The van der Waals surface area contributed by atoms with Crippen molar-refractivity contribution < 1.29 is 0 Å². The van der Waals surface area contributed by atoms with E-state index in [1.165, 1.54) is 32.1 Å². The lowest BCUT2D eigenvalue weighted by atomic mass is 10.1. The standard InChI is InChI=1S/C16H24ClN3/c1-3-13-7-4-11(2)20(13)16-9-8-14(17)15(19-16)10-18-12-5-6-12/h8-9,11-13,18H,3-7,10H2,1-2H3. The van der Waals surface area contributed by atoms with Crippen molar-refractivity contribution in [3.63, 3.8) is 0 Å². The second-order valence-electron chi connectivity index (χ2n) is 6.15. The Morgan fingerprint density at radius 2 is 2.10 bits per heavy atom. The smallest absolute Gasteiger partial charge is 0.129 e. The first-order valence-electron chi connectivity index (χ1n) is 7.86. The zero-order valence-electron chi connectivity index (χ0n) is 12.4. The topological polar surface area (TPSA) is 28.2 Å². The van der Waals surface area contributed by atoms with Crippen LogP contribution in [0.15, 0.2) is 12.1 Å². The van der Waals surface area contributed by atoms with Crippen LogP contribution in [-0.4, -0.2) is 23.1 Å². The van der Waals surface area contributed by atoms with E-state index in [0.717, 1.165) is 23.1 Å². The molecule has 2 fully saturated rings. The molecule has 1 aromatic rings. The second-order valence-corrected chi connectivity index (χ2v) is 6.56. The lowest BCUT2D eigenvalue weighted by Crippen LogP contribution is -2.35. The van der Waals surface area contributed by atoms with Crippen molar-refractivity contribution in [1.29, 1.82) is 0 Å². The number of hydrogen-bond donors (Lipinski definition) is 1. The van der Waals surface area contributed by atoms with E-state index < -0.39 is 0 Å². The number of nitrogens with zero attached hydrogens (tertiary/aromatic N) is 2. The minimum Gasteiger partial charge on any atom is -0.351 e. The fraction of sp³-hybridized carbons (Fsp3) is 0.688. The first-order valence-corrected chi connectivity index (χ1v) is 8.24. The van der Waals surface area contributed by atoms with Crippen LogP contribution in [-0.2, 0) is 6.54 Å². The van der Waals surface area contributed by atoms with Crippen molar-refractivity contribution in [2.45, 2.75) is 70.6 Å². The summed E-state index contributed by atoms with van der Waals surface area (Å²) in [7, 11) is 0. The molecule has 1 aliphatic heterocycles. The lowest BCUT2D eigenvalue weighted by Gasteiger charge is -2.29.